The molecule has 2 N–H and O–H groups in total. The molecule has 0 aliphatic carbocycles. The molecule has 0 unspecified atom stereocenters. The quantitative estimate of drug-likeness (QED) is 0.766. The van der Waals surface area contributed by atoms with E-state index in [2.05, 4.69) is 19.8 Å². The molecule has 1 aliphatic heterocycles. The van der Waals surface area contributed by atoms with Gasteiger partial charge in [0.05, 0.1) is 12.1 Å². The summed E-state index contributed by atoms with van der Waals surface area (Å²) in [6.07, 6.45) is 0. The van der Waals surface area contributed by atoms with Crippen LogP contribution in [0.4, 0.5) is 14.6 Å². The van der Waals surface area contributed by atoms with Gasteiger partial charge >= 0.3 is 0 Å². The monoisotopic (exact) mass is 369 g/mol. The van der Waals surface area contributed by atoms with Gasteiger partial charge < -0.3 is 5.73 Å². The predicted molar refractivity (Wildman–Crippen MR) is 101 cm³/mol. The summed E-state index contributed by atoms with van der Waals surface area (Å²) >= 11 is 0. The number of rotatable bonds is 4. The van der Waals surface area contributed by atoms with E-state index in [9.17, 15) is 8.78 Å². The minimum absolute atomic E-state index is 0.362. The highest BCUT2D eigenvalue weighted by molar-refractivity contribution is 5.87. The summed E-state index contributed by atoms with van der Waals surface area (Å²) in [6, 6.07) is 11.3. The summed E-state index contributed by atoms with van der Waals surface area (Å²) in [6.45, 7) is 4.21. The number of piperazine rings is 1. The summed E-state index contributed by atoms with van der Waals surface area (Å²) in [4.78, 5) is 13.4. The van der Waals surface area contributed by atoms with Crippen molar-refractivity contribution >= 4 is 16.7 Å². The van der Waals surface area contributed by atoms with Gasteiger partial charge in [-0.1, -0.05) is 12.1 Å². The highest BCUT2D eigenvalue weighted by Gasteiger charge is 2.19. The molecule has 0 amide bonds. The van der Waals surface area contributed by atoms with Gasteiger partial charge in [-0.3, -0.25) is 9.80 Å². The number of benzene rings is 2. The van der Waals surface area contributed by atoms with E-state index in [1.54, 1.807) is 0 Å². The van der Waals surface area contributed by atoms with Crippen LogP contribution >= 0.6 is 0 Å². The third-order valence-corrected chi connectivity index (χ3v) is 4.91. The van der Waals surface area contributed by atoms with Crippen LogP contribution in [-0.4, -0.2) is 45.9 Å². The van der Waals surface area contributed by atoms with E-state index >= 15 is 0 Å². The SMILES string of the molecule is Nc1nc(CN2CCN(Cc3cc(F)ccc3F)CC2)nc2ccccc12. The Morgan fingerprint density at radius 2 is 1.59 bits per heavy atom. The summed E-state index contributed by atoms with van der Waals surface area (Å²) in [7, 11) is 0. The molecule has 0 atom stereocenters. The highest BCUT2D eigenvalue weighted by Crippen LogP contribution is 2.19. The van der Waals surface area contributed by atoms with Crippen molar-refractivity contribution in [3.05, 3.63) is 65.5 Å². The third-order valence-electron chi connectivity index (χ3n) is 4.91. The van der Waals surface area contributed by atoms with Crippen LogP contribution in [0.25, 0.3) is 10.9 Å². The predicted octanol–water partition coefficient (Wildman–Crippen LogP) is 2.81. The summed E-state index contributed by atoms with van der Waals surface area (Å²) in [5.74, 6) is 0.432. The standard InChI is InChI=1S/C20H21F2N5/c21-15-5-6-17(22)14(11-15)12-26-7-9-27(10-8-26)13-19-24-18-4-2-1-3-16(18)20(23)25-19/h1-6,11H,7-10,12-13H2,(H2,23,24,25). The number of para-hydroxylation sites is 1. The number of nitrogen functional groups attached to an aromatic ring is 1. The van der Waals surface area contributed by atoms with E-state index in [1.165, 1.54) is 12.1 Å². The van der Waals surface area contributed by atoms with Crippen molar-refractivity contribution < 1.29 is 8.78 Å². The van der Waals surface area contributed by atoms with Crippen molar-refractivity contribution in [1.82, 2.24) is 19.8 Å². The lowest BCUT2D eigenvalue weighted by molar-refractivity contribution is 0.119. The molecule has 0 radical (unpaired) electrons. The van der Waals surface area contributed by atoms with Crippen LogP contribution in [0.1, 0.15) is 11.4 Å². The minimum Gasteiger partial charge on any atom is -0.383 e. The number of aromatic nitrogens is 2. The Kier molecular flexibility index (Phi) is 4.96. The van der Waals surface area contributed by atoms with Gasteiger partial charge in [-0.2, -0.15) is 0 Å². The summed E-state index contributed by atoms with van der Waals surface area (Å²) < 4.78 is 27.2. The Labute approximate surface area is 156 Å². The Bertz CT molecular complexity index is 954. The van der Waals surface area contributed by atoms with Crippen LogP contribution in [0.3, 0.4) is 0 Å². The van der Waals surface area contributed by atoms with Crippen molar-refractivity contribution in [1.29, 1.82) is 0 Å². The van der Waals surface area contributed by atoms with Crippen LogP contribution in [0.5, 0.6) is 0 Å². The molecule has 1 fully saturated rings. The number of anilines is 1. The molecule has 7 heteroatoms. The first-order chi connectivity index (χ1) is 13.1. The molecule has 0 spiro atoms. The van der Waals surface area contributed by atoms with Crippen LogP contribution in [-0.2, 0) is 13.1 Å². The lowest BCUT2D eigenvalue weighted by atomic mass is 10.1. The number of nitrogens with two attached hydrogens (primary N) is 1. The number of fused-ring (bicyclic) bond motifs is 1. The molecule has 2 heterocycles. The van der Waals surface area contributed by atoms with Gasteiger partial charge in [0, 0.05) is 43.7 Å². The Hall–Kier alpha value is -2.64. The van der Waals surface area contributed by atoms with E-state index in [-0.39, 0.29) is 5.82 Å². The lowest BCUT2D eigenvalue weighted by Crippen LogP contribution is -2.45. The average molecular weight is 369 g/mol. The van der Waals surface area contributed by atoms with Gasteiger partial charge in [0.1, 0.15) is 23.3 Å². The topological polar surface area (TPSA) is 58.3 Å². The molecule has 3 aromatic rings. The van der Waals surface area contributed by atoms with Crippen LogP contribution in [0.15, 0.2) is 42.5 Å². The zero-order chi connectivity index (χ0) is 18.8. The molecule has 0 saturated carbocycles. The van der Waals surface area contributed by atoms with Crippen molar-refractivity contribution in [2.75, 3.05) is 31.9 Å². The Morgan fingerprint density at radius 3 is 2.37 bits per heavy atom. The molecule has 27 heavy (non-hydrogen) atoms. The largest absolute Gasteiger partial charge is 0.383 e. The fourth-order valence-electron chi connectivity index (χ4n) is 3.43. The molecule has 1 aliphatic rings. The maximum absolute atomic E-state index is 13.8. The third kappa shape index (κ3) is 4.04. The van der Waals surface area contributed by atoms with Gasteiger partial charge in [-0.15, -0.1) is 0 Å². The highest BCUT2D eigenvalue weighted by atomic mass is 19.1. The second-order valence-electron chi connectivity index (χ2n) is 6.83. The second-order valence-corrected chi connectivity index (χ2v) is 6.83. The molecular weight excluding hydrogens is 348 g/mol. The molecule has 0 bridgehead atoms. The smallest absolute Gasteiger partial charge is 0.145 e. The zero-order valence-electron chi connectivity index (χ0n) is 14.9. The number of hydrogen-bond acceptors (Lipinski definition) is 5. The van der Waals surface area contributed by atoms with Gasteiger partial charge in [-0.25, -0.2) is 18.7 Å². The molecule has 140 valence electrons. The average Bonchev–Trinajstić information content (AvgIpc) is 2.66. The maximum Gasteiger partial charge on any atom is 0.145 e. The Morgan fingerprint density at radius 1 is 0.889 bits per heavy atom. The normalized spacial score (nSPS) is 16.1. The molecule has 4 rings (SSSR count). The molecule has 2 aromatic carbocycles. The maximum atomic E-state index is 13.8. The van der Waals surface area contributed by atoms with Crippen molar-refractivity contribution in [2.24, 2.45) is 0 Å². The number of halogens is 2. The zero-order valence-corrected chi connectivity index (χ0v) is 14.9. The molecule has 1 saturated heterocycles. The van der Waals surface area contributed by atoms with Crippen molar-refractivity contribution in [3.8, 4) is 0 Å². The van der Waals surface area contributed by atoms with E-state index < -0.39 is 5.82 Å². The number of nitrogens with zero attached hydrogens (tertiary/aromatic N) is 4. The molecule has 1 aromatic heterocycles. The fourth-order valence-corrected chi connectivity index (χ4v) is 3.43. The Balaban J connectivity index is 1.38. The van der Waals surface area contributed by atoms with Crippen LogP contribution < -0.4 is 5.73 Å². The van der Waals surface area contributed by atoms with Crippen molar-refractivity contribution in [3.63, 3.8) is 0 Å². The van der Waals surface area contributed by atoms with Crippen molar-refractivity contribution in [2.45, 2.75) is 13.1 Å². The first kappa shape index (κ1) is 17.8. The first-order valence-corrected chi connectivity index (χ1v) is 8.98. The molecular formula is C20H21F2N5. The number of hydrogen-bond donors (Lipinski definition) is 1. The van der Waals surface area contributed by atoms with Crippen LogP contribution in [0, 0.1) is 11.6 Å². The van der Waals surface area contributed by atoms with E-state index in [0.717, 1.165) is 43.1 Å². The lowest BCUT2D eigenvalue weighted by Gasteiger charge is -2.34. The van der Waals surface area contributed by atoms with E-state index in [4.69, 9.17) is 5.73 Å². The van der Waals surface area contributed by atoms with Gasteiger partial charge in [0.15, 0.2) is 0 Å². The first-order valence-electron chi connectivity index (χ1n) is 8.98. The summed E-state index contributed by atoms with van der Waals surface area (Å²) in [5.41, 5.74) is 7.30. The van der Waals surface area contributed by atoms with Gasteiger partial charge in [0.2, 0.25) is 0 Å². The van der Waals surface area contributed by atoms with E-state index in [1.807, 2.05) is 24.3 Å². The molecule has 5 nitrogen and oxygen atoms in total. The summed E-state index contributed by atoms with van der Waals surface area (Å²) in [5, 5.41) is 0.864. The van der Waals surface area contributed by atoms with Crippen LogP contribution in [0.2, 0.25) is 0 Å². The second kappa shape index (κ2) is 7.54. The fraction of sp³-hybridized carbons (Fsp3) is 0.300. The van der Waals surface area contributed by atoms with Gasteiger partial charge in [-0.05, 0) is 30.3 Å². The van der Waals surface area contributed by atoms with E-state index in [0.29, 0.717) is 30.3 Å². The minimum atomic E-state index is -0.406. The van der Waals surface area contributed by atoms with Gasteiger partial charge in [0.25, 0.3) is 0 Å².